The molecule has 0 nitrogen and oxygen atoms in total. The summed E-state index contributed by atoms with van der Waals surface area (Å²) < 4.78 is 0. The maximum Gasteiger partial charge on any atom is -0.00574 e. The van der Waals surface area contributed by atoms with E-state index in [1.807, 2.05) is 0 Å². The molecule has 0 unspecified atom stereocenters. The lowest BCUT2D eigenvalue weighted by Gasteiger charge is -2.27. The molecule has 0 N–H and O–H groups in total. The number of allylic oxidation sites excluding steroid dienone is 7. The first-order chi connectivity index (χ1) is 14.7. The highest BCUT2D eigenvalue weighted by atomic mass is 14.3. The Balaban J connectivity index is 1.79. The topological polar surface area (TPSA) is 0 Å². The average Bonchev–Trinajstić information content (AvgIpc) is 2.74. The van der Waals surface area contributed by atoms with Gasteiger partial charge in [0, 0.05) is 0 Å². The van der Waals surface area contributed by atoms with E-state index in [4.69, 9.17) is 0 Å². The SMILES string of the molecule is C=C1CC2=C(C=C(c3ccc(CCC)cc3)C=CCC2)c2cccc(CCCC)c21. The molecule has 0 spiro atoms. The summed E-state index contributed by atoms with van der Waals surface area (Å²) in [5.41, 5.74) is 12.6. The lowest BCUT2D eigenvalue weighted by atomic mass is 9.77. The minimum atomic E-state index is 1.01. The Labute approximate surface area is 182 Å². The van der Waals surface area contributed by atoms with Crippen molar-refractivity contribution in [2.75, 3.05) is 0 Å². The van der Waals surface area contributed by atoms with Crippen LogP contribution in [0.5, 0.6) is 0 Å². The van der Waals surface area contributed by atoms with E-state index in [1.165, 1.54) is 63.8 Å². The van der Waals surface area contributed by atoms with Crippen LogP contribution < -0.4 is 0 Å². The van der Waals surface area contributed by atoms with Crippen LogP contribution in [0.2, 0.25) is 0 Å². The standard InChI is InChI=1S/C30H34/c1-4-6-11-25-14-9-15-28-29-21-26(24-18-16-23(10-5-2)17-19-24)12-7-8-13-27(29)20-22(3)30(25)28/h7,9,12,14-19,21H,3-6,8,10-11,13,20H2,1-2H3. The Morgan fingerprint density at radius 3 is 2.53 bits per heavy atom. The van der Waals surface area contributed by atoms with Crippen LogP contribution in [-0.4, -0.2) is 0 Å². The summed E-state index contributed by atoms with van der Waals surface area (Å²) in [4.78, 5) is 0. The molecule has 2 aliphatic carbocycles. The third kappa shape index (κ3) is 4.29. The summed E-state index contributed by atoms with van der Waals surface area (Å²) >= 11 is 0. The first-order valence-corrected chi connectivity index (χ1v) is 11.7. The molecular weight excluding hydrogens is 360 g/mol. The van der Waals surface area contributed by atoms with E-state index in [0.29, 0.717) is 0 Å². The highest BCUT2D eigenvalue weighted by molar-refractivity contribution is 5.96. The molecule has 0 radical (unpaired) electrons. The minimum Gasteiger partial charge on any atom is -0.0949 e. The van der Waals surface area contributed by atoms with E-state index in [-0.39, 0.29) is 0 Å². The molecule has 2 aromatic rings. The van der Waals surface area contributed by atoms with Crippen molar-refractivity contribution >= 4 is 16.7 Å². The highest BCUT2D eigenvalue weighted by Gasteiger charge is 2.23. The fraction of sp³-hybridized carbons (Fsp3) is 0.333. The van der Waals surface area contributed by atoms with E-state index in [1.54, 1.807) is 5.57 Å². The first kappa shape index (κ1) is 20.7. The maximum absolute atomic E-state index is 4.50. The molecule has 0 atom stereocenters. The fourth-order valence-electron chi connectivity index (χ4n) is 4.86. The zero-order valence-electron chi connectivity index (χ0n) is 18.6. The van der Waals surface area contributed by atoms with Crippen molar-refractivity contribution in [2.24, 2.45) is 0 Å². The molecule has 0 saturated heterocycles. The summed E-state index contributed by atoms with van der Waals surface area (Å²) in [5.74, 6) is 0. The summed E-state index contributed by atoms with van der Waals surface area (Å²) in [6, 6.07) is 16.0. The van der Waals surface area contributed by atoms with Gasteiger partial charge in [-0.05, 0) is 89.1 Å². The summed E-state index contributed by atoms with van der Waals surface area (Å²) in [5, 5.41) is 0. The van der Waals surface area contributed by atoms with Gasteiger partial charge in [0.05, 0.1) is 0 Å². The van der Waals surface area contributed by atoms with Crippen LogP contribution in [0.1, 0.15) is 80.2 Å². The van der Waals surface area contributed by atoms with E-state index in [9.17, 15) is 0 Å². The lowest BCUT2D eigenvalue weighted by Crippen LogP contribution is -2.07. The predicted octanol–water partition coefficient (Wildman–Crippen LogP) is 8.59. The summed E-state index contributed by atoms with van der Waals surface area (Å²) in [7, 11) is 0. The highest BCUT2D eigenvalue weighted by Crippen LogP contribution is 2.43. The predicted molar refractivity (Wildman–Crippen MR) is 132 cm³/mol. The van der Waals surface area contributed by atoms with E-state index in [0.717, 1.165) is 32.1 Å². The molecule has 0 amide bonds. The van der Waals surface area contributed by atoms with Crippen LogP contribution in [0, 0.1) is 0 Å². The van der Waals surface area contributed by atoms with Gasteiger partial charge >= 0.3 is 0 Å². The van der Waals surface area contributed by atoms with Gasteiger partial charge < -0.3 is 0 Å². The van der Waals surface area contributed by atoms with Crippen LogP contribution in [0.3, 0.4) is 0 Å². The summed E-state index contributed by atoms with van der Waals surface area (Å²) in [6.45, 7) is 9.01. The average molecular weight is 395 g/mol. The van der Waals surface area contributed by atoms with Crippen LogP contribution in [0.25, 0.3) is 16.7 Å². The zero-order valence-corrected chi connectivity index (χ0v) is 18.6. The Hall–Kier alpha value is -2.60. The number of fused-ring (bicyclic) bond motifs is 2. The van der Waals surface area contributed by atoms with Gasteiger partial charge in [-0.1, -0.05) is 93.5 Å². The second-order valence-corrected chi connectivity index (χ2v) is 8.73. The molecule has 154 valence electrons. The molecule has 30 heavy (non-hydrogen) atoms. The normalized spacial score (nSPS) is 15.9. The van der Waals surface area contributed by atoms with Crippen molar-refractivity contribution < 1.29 is 0 Å². The lowest BCUT2D eigenvalue weighted by molar-refractivity contribution is 0.792. The Morgan fingerprint density at radius 2 is 1.77 bits per heavy atom. The number of rotatable bonds is 6. The quantitative estimate of drug-likeness (QED) is 0.460. The van der Waals surface area contributed by atoms with E-state index in [2.05, 4.69) is 81.1 Å². The van der Waals surface area contributed by atoms with Gasteiger partial charge in [-0.25, -0.2) is 0 Å². The van der Waals surface area contributed by atoms with E-state index >= 15 is 0 Å². The summed E-state index contributed by atoms with van der Waals surface area (Å²) in [6.07, 6.45) is 16.3. The molecule has 4 rings (SSSR count). The molecule has 2 aromatic carbocycles. The van der Waals surface area contributed by atoms with Gasteiger partial charge in [0.25, 0.3) is 0 Å². The number of hydrogen-bond donors (Lipinski definition) is 0. The number of hydrogen-bond acceptors (Lipinski definition) is 0. The van der Waals surface area contributed by atoms with Crippen molar-refractivity contribution in [3.63, 3.8) is 0 Å². The molecule has 0 aromatic heterocycles. The largest absolute Gasteiger partial charge is 0.0949 e. The van der Waals surface area contributed by atoms with Crippen molar-refractivity contribution in [3.8, 4) is 0 Å². The second-order valence-electron chi connectivity index (χ2n) is 8.73. The zero-order chi connectivity index (χ0) is 20.9. The molecule has 0 heterocycles. The monoisotopic (exact) mass is 394 g/mol. The van der Waals surface area contributed by atoms with Gasteiger partial charge in [0.15, 0.2) is 0 Å². The third-order valence-corrected chi connectivity index (χ3v) is 6.44. The van der Waals surface area contributed by atoms with Crippen LogP contribution in [-0.2, 0) is 12.8 Å². The van der Waals surface area contributed by atoms with Crippen LogP contribution >= 0.6 is 0 Å². The van der Waals surface area contributed by atoms with Crippen molar-refractivity contribution in [1.82, 2.24) is 0 Å². The van der Waals surface area contributed by atoms with Gasteiger partial charge in [-0.2, -0.15) is 0 Å². The Kier molecular flexibility index (Phi) is 6.53. The molecule has 0 fully saturated rings. The molecule has 2 aliphatic rings. The molecule has 0 bridgehead atoms. The maximum atomic E-state index is 4.50. The minimum absolute atomic E-state index is 1.01. The van der Waals surface area contributed by atoms with Gasteiger partial charge in [0.2, 0.25) is 0 Å². The molecule has 0 aliphatic heterocycles. The smallest absolute Gasteiger partial charge is 0.00574 e. The first-order valence-electron chi connectivity index (χ1n) is 11.7. The van der Waals surface area contributed by atoms with Crippen molar-refractivity contribution in [3.05, 3.63) is 101 Å². The molecular formula is C30H34. The second kappa shape index (κ2) is 9.47. The van der Waals surface area contributed by atoms with Crippen molar-refractivity contribution in [1.29, 1.82) is 0 Å². The Bertz CT molecular complexity index is 1010. The molecule has 0 saturated carbocycles. The van der Waals surface area contributed by atoms with Crippen molar-refractivity contribution in [2.45, 2.75) is 65.2 Å². The molecule has 0 heteroatoms. The van der Waals surface area contributed by atoms with E-state index < -0.39 is 0 Å². The van der Waals surface area contributed by atoms with Crippen LogP contribution in [0.15, 0.2) is 72.8 Å². The third-order valence-electron chi connectivity index (χ3n) is 6.44. The van der Waals surface area contributed by atoms with Crippen LogP contribution in [0.4, 0.5) is 0 Å². The van der Waals surface area contributed by atoms with Gasteiger partial charge in [-0.3, -0.25) is 0 Å². The fourth-order valence-corrected chi connectivity index (χ4v) is 4.86. The van der Waals surface area contributed by atoms with Gasteiger partial charge in [0.1, 0.15) is 0 Å². The Morgan fingerprint density at radius 1 is 0.933 bits per heavy atom. The van der Waals surface area contributed by atoms with Gasteiger partial charge in [-0.15, -0.1) is 0 Å². The number of benzene rings is 2. The number of aryl methyl sites for hydroxylation is 2. The number of unbranched alkanes of at least 4 members (excludes halogenated alkanes) is 1.